The first-order valence-electron chi connectivity index (χ1n) is 8.45. The van der Waals surface area contributed by atoms with E-state index in [1.54, 1.807) is 10.9 Å². The Hall–Kier alpha value is -2.44. The second-order valence-corrected chi connectivity index (χ2v) is 8.23. The number of rotatable bonds is 5. The van der Waals surface area contributed by atoms with E-state index in [9.17, 15) is 8.42 Å². The molecule has 0 aliphatic rings. The van der Waals surface area contributed by atoms with Crippen molar-refractivity contribution in [3.05, 3.63) is 76.6 Å². The standard InChI is InChI=1S/C20H23N3O2S/c1-14-12-15(2)17(4)20(16(14)3)26(24,25)22-13-18-6-8-19(9-7-18)23-11-5-10-21-23/h5-12,22H,13H2,1-4H3. The molecule has 0 aliphatic carbocycles. The van der Waals surface area contributed by atoms with Crippen molar-refractivity contribution in [1.29, 1.82) is 0 Å². The molecule has 0 spiro atoms. The third-order valence-corrected chi connectivity index (χ3v) is 6.41. The molecular weight excluding hydrogens is 346 g/mol. The summed E-state index contributed by atoms with van der Waals surface area (Å²) < 4.78 is 30.3. The van der Waals surface area contributed by atoms with Crippen LogP contribution in [-0.2, 0) is 16.6 Å². The van der Waals surface area contributed by atoms with Crippen LogP contribution in [0.1, 0.15) is 27.8 Å². The summed E-state index contributed by atoms with van der Waals surface area (Å²) in [6, 6.07) is 11.5. The molecular formula is C20H23N3O2S. The second kappa shape index (κ2) is 7.05. The van der Waals surface area contributed by atoms with Crippen molar-refractivity contribution in [1.82, 2.24) is 14.5 Å². The summed E-state index contributed by atoms with van der Waals surface area (Å²) in [5.74, 6) is 0. The molecule has 5 nitrogen and oxygen atoms in total. The van der Waals surface area contributed by atoms with E-state index < -0.39 is 10.0 Å². The highest BCUT2D eigenvalue weighted by atomic mass is 32.2. The predicted octanol–water partition coefficient (Wildman–Crippen LogP) is 3.58. The van der Waals surface area contributed by atoms with Gasteiger partial charge in [0.05, 0.1) is 10.6 Å². The minimum Gasteiger partial charge on any atom is -0.241 e. The van der Waals surface area contributed by atoms with Crippen LogP contribution in [0.5, 0.6) is 0 Å². The molecule has 1 heterocycles. The lowest BCUT2D eigenvalue weighted by Crippen LogP contribution is -2.25. The van der Waals surface area contributed by atoms with Gasteiger partial charge in [0.25, 0.3) is 0 Å². The van der Waals surface area contributed by atoms with Crippen molar-refractivity contribution in [2.75, 3.05) is 0 Å². The Morgan fingerprint density at radius 3 is 2.15 bits per heavy atom. The number of aryl methyl sites for hydroxylation is 2. The van der Waals surface area contributed by atoms with Gasteiger partial charge >= 0.3 is 0 Å². The van der Waals surface area contributed by atoms with Crippen molar-refractivity contribution in [2.24, 2.45) is 0 Å². The first-order chi connectivity index (χ1) is 12.3. The van der Waals surface area contributed by atoms with E-state index in [2.05, 4.69) is 9.82 Å². The summed E-state index contributed by atoms with van der Waals surface area (Å²) in [7, 11) is -3.59. The van der Waals surface area contributed by atoms with Gasteiger partial charge in [0.15, 0.2) is 0 Å². The Labute approximate surface area is 154 Å². The zero-order valence-corrected chi connectivity index (χ0v) is 16.3. The van der Waals surface area contributed by atoms with E-state index in [4.69, 9.17) is 0 Å². The SMILES string of the molecule is Cc1cc(C)c(C)c(S(=O)(=O)NCc2ccc(-n3cccn3)cc2)c1C. The van der Waals surface area contributed by atoms with Gasteiger partial charge in [-0.2, -0.15) is 5.10 Å². The number of nitrogens with one attached hydrogen (secondary N) is 1. The van der Waals surface area contributed by atoms with Crippen molar-refractivity contribution >= 4 is 10.0 Å². The largest absolute Gasteiger partial charge is 0.241 e. The van der Waals surface area contributed by atoms with Gasteiger partial charge in [-0.15, -0.1) is 0 Å². The van der Waals surface area contributed by atoms with Gasteiger partial charge in [0.2, 0.25) is 10.0 Å². The number of sulfonamides is 1. The van der Waals surface area contributed by atoms with Gasteiger partial charge in [-0.3, -0.25) is 0 Å². The van der Waals surface area contributed by atoms with Crippen LogP contribution in [0.3, 0.4) is 0 Å². The summed E-state index contributed by atoms with van der Waals surface area (Å²) in [5, 5.41) is 4.18. The molecule has 0 saturated heterocycles. The van der Waals surface area contributed by atoms with Gasteiger partial charge in [0, 0.05) is 18.9 Å². The van der Waals surface area contributed by atoms with Gasteiger partial charge < -0.3 is 0 Å². The molecule has 0 atom stereocenters. The lowest BCUT2D eigenvalue weighted by atomic mass is 10.0. The molecule has 26 heavy (non-hydrogen) atoms. The molecule has 0 amide bonds. The smallest absolute Gasteiger partial charge is 0.241 e. The molecule has 0 bridgehead atoms. The highest BCUT2D eigenvalue weighted by molar-refractivity contribution is 7.89. The summed E-state index contributed by atoms with van der Waals surface area (Å²) in [6.45, 7) is 7.83. The van der Waals surface area contributed by atoms with E-state index in [0.29, 0.717) is 4.90 Å². The number of aromatic nitrogens is 2. The van der Waals surface area contributed by atoms with E-state index in [1.165, 1.54) is 0 Å². The minimum absolute atomic E-state index is 0.244. The Morgan fingerprint density at radius 1 is 1.00 bits per heavy atom. The maximum atomic E-state index is 12.9. The zero-order valence-electron chi connectivity index (χ0n) is 15.4. The molecule has 2 aromatic carbocycles. The lowest BCUT2D eigenvalue weighted by molar-refractivity contribution is 0.579. The molecule has 3 aromatic rings. The summed E-state index contributed by atoms with van der Waals surface area (Å²) in [4.78, 5) is 0.392. The zero-order chi connectivity index (χ0) is 18.9. The Morgan fingerprint density at radius 2 is 1.62 bits per heavy atom. The number of nitrogens with zero attached hydrogens (tertiary/aromatic N) is 2. The van der Waals surface area contributed by atoms with Gasteiger partial charge in [0.1, 0.15) is 0 Å². The van der Waals surface area contributed by atoms with Crippen molar-refractivity contribution in [3.63, 3.8) is 0 Å². The van der Waals surface area contributed by atoms with Crippen LogP contribution in [0.2, 0.25) is 0 Å². The molecule has 0 aliphatic heterocycles. The molecule has 0 fully saturated rings. The first kappa shape index (κ1) is 18.4. The summed E-state index contributed by atoms with van der Waals surface area (Å²) in [6.07, 6.45) is 3.58. The van der Waals surface area contributed by atoms with E-state index in [1.807, 2.05) is 70.3 Å². The monoisotopic (exact) mass is 369 g/mol. The maximum Gasteiger partial charge on any atom is 0.241 e. The van der Waals surface area contributed by atoms with Crippen LogP contribution in [0.4, 0.5) is 0 Å². The summed E-state index contributed by atoms with van der Waals surface area (Å²) in [5.41, 5.74) is 5.39. The third-order valence-electron chi connectivity index (χ3n) is 4.74. The van der Waals surface area contributed by atoms with E-state index in [-0.39, 0.29) is 6.54 Å². The average molecular weight is 369 g/mol. The minimum atomic E-state index is -3.59. The Bertz CT molecular complexity index is 996. The maximum absolute atomic E-state index is 12.9. The van der Waals surface area contributed by atoms with Crippen LogP contribution in [-0.4, -0.2) is 18.2 Å². The number of hydrogen-bond acceptors (Lipinski definition) is 3. The van der Waals surface area contributed by atoms with Crippen molar-refractivity contribution in [3.8, 4) is 5.69 Å². The van der Waals surface area contributed by atoms with Crippen LogP contribution in [0, 0.1) is 27.7 Å². The molecule has 0 saturated carbocycles. The van der Waals surface area contributed by atoms with Gasteiger partial charge in [-0.1, -0.05) is 18.2 Å². The Kier molecular flexibility index (Phi) is 4.98. The van der Waals surface area contributed by atoms with Gasteiger partial charge in [-0.05, 0) is 73.7 Å². The molecule has 0 unspecified atom stereocenters. The van der Waals surface area contributed by atoms with E-state index >= 15 is 0 Å². The fourth-order valence-electron chi connectivity index (χ4n) is 3.02. The van der Waals surface area contributed by atoms with Crippen LogP contribution >= 0.6 is 0 Å². The highest BCUT2D eigenvalue weighted by Gasteiger charge is 2.21. The summed E-state index contributed by atoms with van der Waals surface area (Å²) >= 11 is 0. The first-order valence-corrected chi connectivity index (χ1v) is 9.94. The highest BCUT2D eigenvalue weighted by Crippen LogP contribution is 2.26. The fraction of sp³-hybridized carbons (Fsp3) is 0.250. The molecule has 1 aromatic heterocycles. The normalized spacial score (nSPS) is 11.7. The van der Waals surface area contributed by atoms with Crippen molar-refractivity contribution < 1.29 is 8.42 Å². The average Bonchev–Trinajstić information content (AvgIpc) is 3.13. The van der Waals surface area contributed by atoms with Crippen LogP contribution in [0.25, 0.3) is 5.69 Å². The lowest BCUT2D eigenvalue weighted by Gasteiger charge is -2.16. The van der Waals surface area contributed by atoms with Crippen LogP contribution < -0.4 is 4.72 Å². The molecule has 1 N–H and O–H groups in total. The van der Waals surface area contributed by atoms with Crippen LogP contribution in [0.15, 0.2) is 53.7 Å². The topological polar surface area (TPSA) is 64.0 Å². The molecule has 136 valence electrons. The molecule has 6 heteroatoms. The van der Waals surface area contributed by atoms with Crippen molar-refractivity contribution in [2.45, 2.75) is 39.1 Å². The number of benzene rings is 2. The molecule has 3 rings (SSSR count). The molecule has 0 radical (unpaired) electrons. The quantitative estimate of drug-likeness (QED) is 0.748. The number of hydrogen-bond donors (Lipinski definition) is 1. The fourth-order valence-corrected chi connectivity index (χ4v) is 4.65. The Balaban J connectivity index is 1.81. The third kappa shape index (κ3) is 3.57. The van der Waals surface area contributed by atoms with Gasteiger partial charge in [-0.25, -0.2) is 17.8 Å². The predicted molar refractivity (Wildman–Crippen MR) is 103 cm³/mol. The van der Waals surface area contributed by atoms with E-state index in [0.717, 1.165) is 33.5 Å². The second-order valence-electron chi connectivity index (χ2n) is 6.53.